The number of hydrogen-bond donors (Lipinski definition) is 2. The van der Waals surface area contributed by atoms with Crippen LogP contribution in [-0.4, -0.2) is 17.4 Å². The van der Waals surface area contributed by atoms with Crippen LogP contribution >= 0.6 is 0 Å². The molecular formula is C16H18N4. The molecule has 0 atom stereocenters. The molecule has 20 heavy (non-hydrogen) atoms. The van der Waals surface area contributed by atoms with Crippen molar-refractivity contribution in [1.29, 1.82) is 5.41 Å². The van der Waals surface area contributed by atoms with Gasteiger partial charge in [-0.25, -0.2) is 4.98 Å². The highest BCUT2D eigenvalue weighted by atomic mass is 15.2. The van der Waals surface area contributed by atoms with Crippen LogP contribution in [0.3, 0.4) is 0 Å². The molecule has 102 valence electrons. The SMILES string of the molecule is Cc1ccc2c(c1)CCCN2c1cccc(C(=N)N)n1. The normalized spacial score (nSPS) is 13.9. The van der Waals surface area contributed by atoms with Crippen molar-refractivity contribution in [1.82, 2.24) is 4.98 Å². The van der Waals surface area contributed by atoms with Crippen LogP contribution in [0.2, 0.25) is 0 Å². The summed E-state index contributed by atoms with van der Waals surface area (Å²) < 4.78 is 0. The molecule has 2 heterocycles. The second-order valence-corrected chi connectivity index (χ2v) is 5.18. The van der Waals surface area contributed by atoms with Crippen LogP contribution < -0.4 is 10.6 Å². The van der Waals surface area contributed by atoms with Gasteiger partial charge in [-0.2, -0.15) is 0 Å². The first-order valence-electron chi connectivity index (χ1n) is 6.83. The Bertz CT molecular complexity index is 663. The number of anilines is 2. The molecule has 0 amide bonds. The third kappa shape index (κ3) is 2.25. The molecule has 0 radical (unpaired) electrons. The lowest BCUT2D eigenvalue weighted by Gasteiger charge is -2.30. The summed E-state index contributed by atoms with van der Waals surface area (Å²) in [5.41, 5.74) is 9.93. The van der Waals surface area contributed by atoms with Crippen LogP contribution in [0.5, 0.6) is 0 Å². The molecule has 1 aromatic heterocycles. The minimum Gasteiger partial charge on any atom is -0.382 e. The zero-order valence-corrected chi connectivity index (χ0v) is 11.6. The second kappa shape index (κ2) is 4.96. The van der Waals surface area contributed by atoms with Crippen LogP contribution in [0.25, 0.3) is 0 Å². The molecule has 0 spiro atoms. The molecule has 0 saturated heterocycles. The van der Waals surface area contributed by atoms with Crippen LogP contribution in [-0.2, 0) is 6.42 Å². The van der Waals surface area contributed by atoms with E-state index in [1.807, 2.05) is 12.1 Å². The first kappa shape index (κ1) is 12.7. The van der Waals surface area contributed by atoms with E-state index in [0.29, 0.717) is 5.69 Å². The Balaban J connectivity index is 2.04. The second-order valence-electron chi connectivity index (χ2n) is 5.18. The van der Waals surface area contributed by atoms with E-state index in [9.17, 15) is 0 Å². The average molecular weight is 266 g/mol. The number of nitrogens with two attached hydrogens (primary N) is 1. The van der Waals surface area contributed by atoms with Crippen LogP contribution in [0.4, 0.5) is 11.5 Å². The molecule has 0 bridgehead atoms. The van der Waals surface area contributed by atoms with Gasteiger partial charge in [-0.3, -0.25) is 5.41 Å². The van der Waals surface area contributed by atoms with Gasteiger partial charge in [0.05, 0.1) is 0 Å². The predicted octanol–water partition coefficient (Wildman–Crippen LogP) is 2.76. The number of nitrogen functional groups attached to an aromatic ring is 1. The maximum Gasteiger partial charge on any atom is 0.141 e. The van der Waals surface area contributed by atoms with Crippen LogP contribution in [0.15, 0.2) is 36.4 Å². The Morgan fingerprint density at radius 2 is 2.15 bits per heavy atom. The van der Waals surface area contributed by atoms with Crippen molar-refractivity contribution in [3.63, 3.8) is 0 Å². The maximum absolute atomic E-state index is 7.52. The van der Waals surface area contributed by atoms with Crippen molar-refractivity contribution in [2.45, 2.75) is 19.8 Å². The zero-order valence-electron chi connectivity index (χ0n) is 11.6. The summed E-state index contributed by atoms with van der Waals surface area (Å²) in [7, 11) is 0. The topological polar surface area (TPSA) is 66.0 Å². The molecule has 0 fully saturated rings. The first-order valence-corrected chi connectivity index (χ1v) is 6.83. The summed E-state index contributed by atoms with van der Waals surface area (Å²) in [6.45, 7) is 3.07. The lowest BCUT2D eigenvalue weighted by atomic mass is 9.99. The van der Waals surface area contributed by atoms with Gasteiger partial charge in [-0.1, -0.05) is 23.8 Å². The standard InChI is InChI=1S/C16H18N4/c1-11-7-8-14-12(10-11)4-3-9-20(14)15-6-2-5-13(19-15)16(17)18/h2,5-8,10H,3-4,9H2,1H3,(H3,17,18). The lowest BCUT2D eigenvalue weighted by Crippen LogP contribution is -2.26. The molecule has 3 rings (SSSR count). The number of amidine groups is 1. The van der Waals surface area contributed by atoms with Gasteiger partial charge in [0.1, 0.15) is 17.3 Å². The number of nitrogens with zero attached hydrogens (tertiary/aromatic N) is 2. The molecule has 1 aliphatic heterocycles. The van der Waals surface area contributed by atoms with E-state index in [-0.39, 0.29) is 5.84 Å². The van der Waals surface area contributed by atoms with E-state index < -0.39 is 0 Å². The highest BCUT2D eigenvalue weighted by Crippen LogP contribution is 2.32. The number of benzene rings is 1. The highest BCUT2D eigenvalue weighted by molar-refractivity contribution is 5.93. The van der Waals surface area contributed by atoms with Crippen LogP contribution in [0.1, 0.15) is 23.2 Å². The van der Waals surface area contributed by atoms with E-state index in [1.54, 1.807) is 6.07 Å². The predicted molar refractivity (Wildman–Crippen MR) is 81.8 cm³/mol. The molecule has 2 aromatic rings. The largest absolute Gasteiger partial charge is 0.382 e. The van der Waals surface area contributed by atoms with Crippen molar-refractivity contribution >= 4 is 17.3 Å². The molecule has 3 N–H and O–H groups in total. The average Bonchev–Trinajstić information content (AvgIpc) is 2.46. The fourth-order valence-corrected chi connectivity index (χ4v) is 2.69. The number of hydrogen-bond acceptors (Lipinski definition) is 3. The van der Waals surface area contributed by atoms with E-state index in [4.69, 9.17) is 11.1 Å². The number of nitrogens with one attached hydrogen (secondary N) is 1. The van der Waals surface area contributed by atoms with Crippen molar-refractivity contribution in [3.05, 3.63) is 53.2 Å². The minimum absolute atomic E-state index is 0.00740. The lowest BCUT2D eigenvalue weighted by molar-refractivity contribution is 0.758. The van der Waals surface area contributed by atoms with Crippen molar-refractivity contribution < 1.29 is 0 Å². The van der Waals surface area contributed by atoms with Gasteiger partial charge < -0.3 is 10.6 Å². The van der Waals surface area contributed by atoms with Gasteiger partial charge in [0.15, 0.2) is 0 Å². The fourth-order valence-electron chi connectivity index (χ4n) is 2.69. The van der Waals surface area contributed by atoms with Crippen LogP contribution in [0, 0.1) is 12.3 Å². The third-order valence-electron chi connectivity index (χ3n) is 3.64. The smallest absolute Gasteiger partial charge is 0.141 e. The fraction of sp³-hybridized carbons (Fsp3) is 0.250. The molecule has 1 aliphatic rings. The minimum atomic E-state index is 0.00740. The molecular weight excluding hydrogens is 248 g/mol. The molecule has 1 aromatic carbocycles. The van der Waals surface area contributed by atoms with Gasteiger partial charge in [0, 0.05) is 12.2 Å². The van der Waals surface area contributed by atoms with Crippen molar-refractivity contribution in [2.75, 3.05) is 11.4 Å². The maximum atomic E-state index is 7.52. The quantitative estimate of drug-likeness (QED) is 0.649. The first-order chi connectivity index (χ1) is 9.65. The molecule has 0 aliphatic carbocycles. The number of aryl methyl sites for hydroxylation is 2. The van der Waals surface area contributed by atoms with Gasteiger partial charge in [0.25, 0.3) is 0 Å². The summed E-state index contributed by atoms with van der Waals surface area (Å²) in [4.78, 5) is 6.71. The molecule has 4 heteroatoms. The summed E-state index contributed by atoms with van der Waals surface area (Å²) >= 11 is 0. The molecule has 0 saturated carbocycles. The number of rotatable bonds is 2. The summed E-state index contributed by atoms with van der Waals surface area (Å²) in [6.07, 6.45) is 2.22. The van der Waals surface area contributed by atoms with E-state index in [0.717, 1.165) is 25.2 Å². The van der Waals surface area contributed by atoms with Gasteiger partial charge in [-0.15, -0.1) is 0 Å². The van der Waals surface area contributed by atoms with Gasteiger partial charge in [-0.05, 0) is 43.5 Å². The zero-order chi connectivity index (χ0) is 14.1. The molecule has 0 unspecified atom stereocenters. The Hall–Kier alpha value is -2.36. The number of pyridine rings is 1. The number of aromatic nitrogens is 1. The Morgan fingerprint density at radius 3 is 2.95 bits per heavy atom. The van der Waals surface area contributed by atoms with Gasteiger partial charge in [0.2, 0.25) is 0 Å². The highest BCUT2D eigenvalue weighted by Gasteiger charge is 2.19. The Kier molecular flexibility index (Phi) is 3.14. The summed E-state index contributed by atoms with van der Waals surface area (Å²) in [5, 5.41) is 7.52. The Morgan fingerprint density at radius 1 is 1.30 bits per heavy atom. The summed E-state index contributed by atoms with van der Waals surface area (Å²) in [5.74, 6) is 0.871. The number of fused-ring (bicyclic) bond motifs is 1. The third-order valence-corrected chi connectivity index (χ3v) is 3.64. The Labute approximate surface area is 118 Å². The van der Waals surface area contributed by atoms with E-state index in [2.05, 4.69) is 35.0 Å². The van der Waals surface area contributed by atoms with Crippen molar-refractivity contribution in [3.8, 4) is 0 Å². The monoisotopic (exact) mass is 266 g/mol. The van der Waals surface area contributed by atoms with E-state index >= 15 is 0 Å². The summed E-state index contributed by atoms with van der Waals surface area (Å²) in [6, 6.07) is 12.2. The van der Waals surface area contributed by atoms with E-state index in [1.165, 1.54) is 16.8 Å². The van der Waals surface area contributed by atoms with Crippen molar-refractivity contribution in [2.24, 2.45) is 5.73 Å². The molecule has 4 nitrogen and oxygen atoms in total. The van der Waals surface area contributed by atoms with Gasteiger partial charge >= 0.3 is 0 Å².